The molecule has 3 rings (SSSR count). The Balaban J connectivity index is 2.29. The van der Waals surface area contributed by atoms with E-state index in [1.807, 2.05) is 0 Å². The van der Waals surface area contributed by atoms with Gasteiger partial charge in [-0.05, 0) is 12.1 Å². The number of alkyl halides is 3. The molecule has 11 heteroatoms. The maximum absolute atomic E-state index is 13.5. The summed E-state index contributed by atoms with van der Waals surface area (Å²) in [5.74, 6) is -1.18. The van der Waals surface area contributed by atoms with Gasteiger partial charge in [-0.1, -0.05) is 6.92 Å². The fraction of sp³-hybridized carbons (Fsp3) is 0.267. The minimum Gasteiger partial charge on any atom is -0.310 e. The van der Waals surface area contributed by atoms with Crippen LogP contribution in [0.1, 0.15) is 12.5 Å². The van der Waals surface area contributed by atoms with Crippen molar-refractivity contribution in [3.63, 3.8) is 0 Å². The number of fused-ring (bicyclic) bond motifs is 1. The Morgan fingerprint density at radius 2 is 1.85 bits per heavy atom. The molecule has 26 heavy (non-hydrogen) atoms. The van der Waals surface area contributed by atoms with Crippen molar-refractivity contribution in [3.05, 3.63) is 35.9 Å². The normalized spacial score (nSPS) is 12.7. The van der Waals surface area contributed by atoms with Crippen LogP contribution in [-0.4, -0.2) is 33.7 Å². The van der Waals surface area contributed by atoms with Crippen molar-refractivity contribution in [2.75, 3.05) is 5.75 Å². The van der Waals surface area contributed by atoms with Crippen LogP contribution in [0.15, 0.2) is 29.4 Å². The summed E-state index contributed by atoms with van der Waals surface area (Å²) < 4.78 is 77.9. The van der Waals surface area contributed by atoms with E-state index in [9.17, 15) is 26.0 Å². The lowest BCUT2D eigenvalue weighted by Gasteiger charge is -2.08. The monoisotopic (exact) mass is 388 g/mol. The molecular formula is C15H12F4N4O2S. The summed E-state index contributed by atoms with van der Waals surface area (Å²) in [6.45, 7) is 1.39. The third kappa shape index (κ3) is 3.02. The Morgan fingerprint density at radius 3 is 2.46 bits per heavy atom. The van der Waals surface area contributed by atoms with Crippen molar-refractivity contribution in [1.29, 1.82) is 0 Å². The van der Waals surface area contributed by atoms with E-state index in [0.29, 0.717) is 6.20 Å². The highest BCUT2D eigenvalue weighted by molar-refractivity contribution is 7.91. The zero-order chi connectivity index (χ0) is 19.3. The molecule has 0 aromatic carbocycles. The largest absolute Gasteiger partial charge is 0.417 e. The number of rotatable bonds is 3. The van der Waals surface area contributed by atoms with Gasteiger partial charge in [0.1, 0.15) is 17.0 Å². The van der Waals surface area contributed by atoms with Gasteiger partial charge >= 0.3 is 6.18 Å². The predicted octanol–water partition coefficient (Wildman–Crippen LogP) is 2.98. The molecule has 0 bridgehead atoms. The molecule has 3 aromatic rings. The summed E-state index contributed by atoms with van der Waals surface area (Å²) in [4.78, 5) is 11.2. The van der Waals surface area contributed by atoms with Gasteiger partial charge in [-0.25, -0.2) is 27.8 Å². The Hall–Kier alpha value is -2.56. The summed E-state index contributed by atoms with van der Waals surface area (Å²) in [6.07, 6.45) is -3.11. The van der Waals surface area contributed by atoms with Gasteiger partial charge < -0.3 is 4.57 Å². The molecular weight excluding hydrogens is 376 g/mol. The third-order valence-electron chi connectivity index (χ3n) is 3.78. The van der Waals surface area contributed by atoms with Crippen molar-refractivity contribution in [3.8, 4) is 11.5 Å². The van der Waals surface area contributed by atoms with Gasteiger partial charge in [0.05, 0.1) is 22.4 Å². The quantitative estimate of drug-likeness (QED) is 0.645. The van der Waals surface area contributed by atoms with E-state index in [1.54, 1.807) is 0 Å². The Bertz CT molecular complexity index is 1110. The zero-order valence-corrected chi connectivity index (χ0v) is 14.4. The second-order valence-electron chi connectivity index (χ2n) is 5.46. The van der Waals surface area contributed by atoms with Crippen LogP contribution >= 0.6 is 0 Å². The average molecular weight is 388 g/mol. The van der Waals surface area contributed by atoms with Crippen LogP contribution in [0, 0.1) is 5.82 Å². The second kappa shape index (κ2) is 6.01. The van der Waals surface area contributed by atoms with E-state index in [1.165, 1.54) is 18.5 Å². The first-order chi connectivity index (χ1) is 12.0. The molecule has 0 fully saturated rings. The van der Waals surface area contributed by atoms with Crippen molar-refractivity contribution in [2.45, 2.75) is 18.0 Å². The van der Waals surface area contributed by atoms with E-state index in [-0.39, 0.29) is 33.3 Å². The lowest BCUT2D eigenvalue weighted by atomic mass is 10.2. The Kier molecular flexibility index (Phi) is 4.21. The number of aryl methyl sites for hydroxylation is 1. The summed E-state index contributed by atoms with van der Waals surface area (Å²) >= 11 is 0. The van der Waals surface area contributed by atoms with E-state index in [2.05, 4.69) is 15.0 Å². The van der Waals surface area contributed by atoms with Crippen LogP contribution in [0.2, 0.25) is 0 Å². The number of hydrogen-bond donors (Lipinski definition) is 0. The third-order valence-corrected chi connectivity index (χ3v) is 5.52. The molecule has 3 aromatic heterocycles. The first-order valence-corrected chi connectivity index (χ1v) is 8.98. The molecule has 0 spiro atoms. The second-order valence-corrected chi connectivity index (χ2v) is 7.71. The van der Waals surface area contributed by atoms with E-state index >= 15 is 0 Å². The van der Waals surface area contributed by atoms with Crippen LogP contribution in [-0.2, 0) is 23.1 Å². The lowest BCUT2D eigenvalue weighted by Crippen LogP contribution is -2.09. The molecule has 0 aliphatic carbocycles. The maximum Gasteiger partial charge on any atom is 0.417 e. The minimum absolute atomic E-state index is 0.0288. The highest BCUT2D eigenvalue weighted by Crippen LogP contribution is 2.32. The van der Waals surface area contributed by atoms with Crippen molar-refractivity contribution in [1.82, 2.24) is 19.5 Å². The molecule has 138 valence electrons. The van der Waals surface area contributed by atoms with E-state index < -0.39 is 27.4 Å². The molecule has 6 nitrogen and oxygen atoms in total. The van der Waals surface area contributed by atoms with E-state index in [0.717, 1.165) is 18.3 Å². The van der Waals surface area contributed by atoms with Gasteiger partial charge in [0, 0.05) is 13.2 Å². The van der Waals surface area contributed by atoms with Gasteiger partial charge in [-0.2, -0.15) is 13.2 Å². The molecule has 0 saturated carbocycles. The molecule has 0 saturated heterocycles. The number of hydrogen-bond acceptors (Lipinski definition) is 5. The van der Waals surface area contributed by atoms with Gasteiger partial charge in [0.15, 0.2) is 21.3 Å². The molecule has 0 aliphatic heterocycles. The number of nitrogens with zero attached hydrogens (tertiary/aromatic N) is 4. The molecule has 3 heterocycles. The molecule has 0 N–H and O–H groups in total. The molecule has 0 aliphatic rings. The van der Waals surface area contributed by atoms with Gasteiger partial charge in [0.25, 0.3) is 0 Å². The number of pyridine rings is 2. The SMILES string of the molecule is CCS(=O)(=O)c1cc(F)cnc1-c1nc2cc(C(F)(F)F)cnc2n1C. The first-order valence-electron chi connectivity index (χ1n) is 7.33. The number of imidazole rings is 1. The lowest BCUT2D eigenvalue weighted by molar-refractivity contribution is -0.137. The summed E-state index contributed by atoms with van der Waals surface area (Å²) in [5.41, 5.74) is -1.10. The molecule has 0 unspecified atom stereocenters. The standard InChI is InChI=1S/C15H12F4N4O2S/c1-3-26(24,25)11-5-9(16)7-20-12(11)14-22-10-4-8(15(17,18)19)6-21-13(10)23(14)2/h4-7H,3H2,1-2H3. The topological polar surface area (TPSA) is 77.7 Å². The van der Waals surface area contributed by atoms with Crippen LogP contribution in [0.3, 0.4) is 0 Å². The summed E-state index contributed by atoms with van der Waals surface area (Å²) in [6, 6.07) is 1.62. The fourth-order valence-corrected chi connectivity index (χ4v) is 3.47. The smallest absolute Gasteiger partial charge is 0.310 e. The number of halogens is 4. The fourth-order valence-electron chi connectivity index (χ4n) is 2.42. The molecule has 0 amide bonds. The Morgan fingerprint density at radius 1 is 1.15 bits per heavy atom. The van der Waals surface area contributed by atoms with Gasteiger partial charge in [-0.15, -0.1) is 0 Å². The number of aromatic nitrogens is 4. The van der Waals surface area contributed by atoms with Crippen LogP contribution in [0.5, 0.6) is 0 Å². The van der Waals surface area contributed by atoms with Crippen molar-refractivity contribution in [2.24, 2.45) is 7.05 Å². The first kappa shape index (κ1) is 18.2. The van der Waals surface area contributed by atoms with Crippen LogP contribution in [0.25, 0.3) is 22.7 Å². The van der Waals surface area contributed by atoms with Gasteiger partial charge in [0.2, 0.25) is 0 Å². The van der Waals surface area contributed by atoms with Crippen molar-refractivity contribution < 1.29 is 26.0 Å². The zero-order valence-electron chi connectivity index (χ0n) is 13.5. The minimum atomic E-state index is -4.59. The van der Waals surface area contributed by atoms with Crippen LogP contribution < -0.4 is 0 Å². The maximum atomic E-state index is 13.5. The van der Waals surface area contributed by atoms with E-state index in [4.69, 9.17) is 0 Å². The number of sulfone groups is 1. The molecule has 0 atom stereocenters. The average Bonchev–Trinajstić information content (AvgIpc) is 2.90. The Labute approximate surface area is 145 Å². The van der Waals surface area contributed by atoms with Gasteiger partial charge in [-0.3, -0.25) is 0 Å². The summed E-state index contributed by atoms with van der Waals surface area (Å²) in [7, 11) is -2.38. The highest BCUT2D eigenvalue weighted by Gasteiger charge is 2.32. The van der Waals surface area contributed by atoms with Crippen molar-refractivity contribution >= 4 is 21.0 Å². The molecule has 0 radical (unpaired) electrons. The highest BCUT2D eigenvalue weighted by atomic mass is 32.2. The predicted molar refractivity (Wildman–Crippen MR) is 84.4 cm³/mol. The van der Waals surface area contributed by atoms with Crippen LogP contribution in [0.4, 0.5) is 17.6 Å². The summed E-state index contributed by atoms with van der Waals surface area (Å²) in [5, 5.41) is 0.